The van der Waals surface area contributed by atoms with E-state index in [2.05, 4.69) is 16.3 Å². The van der Waals surface area contributed by atoms with Crippen molar-refractivity contribution >= 4 is 27.7 Å². The van der Waals surface area contributed by atoms with Crippen LogP contribution in [0.2, 0.25) is 0 Å². The number of carbonyl (C=O) groups is 1. The molecule has 1 fully saturated rings. The topological polar surface area (TPSA) is 93.5 Å². The molecule has 0 saturated carbocycles. The molecule has 1 saturated heterocycles. The number of nitrogens with zero attached hydrogens (tertiary/aromatic N) is 3. The van der Waals surface area contributed by atoms with Gasteiger partial charge in [-0.3, -0.25) is 4.79 Å². The predicted molar refractivity (Wildman–Crippen MR) is 112 cm³/mol. The van der Waals surface area contributed by atoms with Crippen molar-refractivity contribution in [3.05, 3.63) is 65.7 Å². The van der Waals surface area contributed by atoms with Gasteiger partial charge in [0.2, 0.25) is 15.9 Å². The highest BCUT2D eigenvalue weighted by molar-refractivity contribution is 7.89. The summed E-state index contributed by atoms with van der Waals surface area (Å²) >= 11 is 0. The van der Waals surface area contributed by atoms with E-state index in [-0.39, 0.29) is 10.8 Å². The summed E-state index contributed by atoms with van der Waals surface area (Å²) in [7, 11) is -1.57. The molecule has 0 bridgehead atoms. The Morgan fingerprint density at radius 1 is 1.07 bits per heavy atom. The van der Waals surface area contributed by atoms with E-state index >= 15 is 0 Å². The second kappa shape index (κ2) is 9.01. The van der Waals surface area contributed by atoms with Crippen molar-refractivity contribution in [2.24, 2.45) is 0 Å². The van der Waals surface area contributed by atoms with Crippen LogP contribution >= 0.6 is 0 Å². The molecule has 0 atom stereocenters. The molecule has 1 aliphatic heterocycles. The van der Waals surface area contributed by atoms with Gasteiger partial charge in [-0.15, -0.1) is 0 Å². The van der Waals surface area contributed by atoms with Gasteiger partial charge in [0.05, 0.1) is 16.5 Å². The van der Waals surface area contributed by atoms with Crippen LogP contribution in [0.15, 0.2) is 59.5 Å². The lowest BCUT2D eigenvalue weighted by Crippen LogP contribution is -2.46. The summed E-state index contributed by atoms with van der Waals surface area (Å²) in [5.41, 5.74) is 1.62. The summed E-state index contributed by atoms with van der Waals surface area (Å²) in [4.78, 5) is 14.4. The van der Waals surface area contributed by atoms with E-state index in [9.17, 15) is 13.2 Å². The van der Waals surface area contributed by atoms with Gasteiger partial charge in [-0.2, -0.15) is 9.57 Å². The predicted octanol–water partition coefficient (Wildman–Crippen LogP) is 2.15. The number of benzene rings is 2. The Bertz CT molecular complexity index is 1050. The molecule has 0 aliphatic carbocycles. The third kappa shape index (κ3) is 5.09. The zero-order chi connectivity index (χ0) is 20.9. The third-order valence-electron chi connectivity index (χ3n) is 4.72. The van der Waals surface area contributed by atoms with Crippen LogP contribution in [0.3, 0.4) is 0 Å². The first-order valence-corrected chi connectivity index (χ1v) is 10.6. The minimum absolute atomic E-state index is 0.207. The van der Waals surface area contributed by atoms with Crippen molar-refractivity contribution in [2.45, 2.75) is 4.90 Å². The Labute approximate surface area is 170 Å². The van der Waals surface area contributed by atoms with Crippen LogP contribution in [0.5, 0.6) is 0 Å². The first-order valence-electron chi connectivity index (χ1n) is 9.17. The zero-order valence-electron chi connectivity index (χ0n) is 16.1. The molecule has 0 aromatic heterocycles. The molecule has 1 aliphatic rings. The SMILES string of the molecule is CN1CCN(S(=O)(=O)c2ccc(NC(=O)C=Cc3ccccc3C#N)cc2)CC1. The molecular weight excluding hydrogens is 388 g/mol. The molecule has 7 nitrogen and oxygen atoms in total. The highest BCUT2D eigenvalue weighted by Crippen LogP contribution is 2.20. The van der Waals surface area contributed by atoms with Gasteiger partial charge in [0.1, 0.15) is 0 Å². The molecule has 0 unspecified atom stereocenters. The molecule has 1 N–H and O–H groups in total. The minimum atomic E-state index is -3.54. The van der Waals surface area contributed by atoms with E-state index in [1.54, 1.807) is 42.5 Å². The zero-order valence-corrected chi connectivity index (χ0v) is 16.9. The van der Waals surface area contributed by atoms with E-state index in [0.29, 0.717) is 43.0 Å². The Kier molecular flexibility index (Phi) is 6.44. The largest absolute Gasteiger partial charge is 0.323 e. The van der Waals surface area contributed by atoms with Crippen molar-refractivity contribution in [2.75, 3.05) is 38.5 Å². The summed E-state index contributed by atoms with van der Waals surface area (Å²) in [6, 6.07) is 15.2. The fraction of sp³-hybridized carbons (Fsp3) is 0.238. The second-order valence-corrected chi connectivity index (χ2v) is 8.69. The number of anilines is 1. The van der Waals surface area contributed by atoms with Crippen LogP contribution in [0.4, 0.5) is 5.69 Å². The summed E-state index contributed by atoms with van der Waals surface area (Å²) in [6.45, 7) is 2.34. The molecule has 1 heterocycles. The number of hydrogen-bond acceptors (Lipinski definition) is 5. The van der Waals surface area contributed by atoms with Gasteiger partial charge < -0.3 is 10.2 Å². The Morgan fingerprint density at radius 3 is 2.38 bits per heavy atom. The van der Waals surface area contributed by atoms with Crippen LogP contribution in [0, 0.1) is 11.3 Å². The van der Waals surface area contributed by atoms with Gasteiger partial charge in [-0.25, -0.2) is 8.42 Å². The molecule has 0 spiro atoms. The monoisotopic (exact) mass is 410 g/mol. The fourth-order valence-electron chi connectivity index (χ4n) is 2.98. The van der Waals surface area contributed by atoms with Crippen LogP contribution in [-0.4, -0.2) is 56.8 Å². The van der Waals surface area contributed by atoms with Crippen molar-refractivity contribution in [3.63, 3.8) is 0 Å². The number of sulfonamides is 1. The lowest BCUT2D eigenvalue weighted by molar-refractivity contribution is -0.111. The first kappa shape index (κ1) is 20.7. The number of piperazine rings is 1. The number of rotatable bonds is 5. The Hall–Kier alpha value is -2.99. The molecule has 2 aromatic rings. The van der Waals surface area contributed by atoms with Crippen molar-refractivity contribution in [1.82, 2.24) is 9.21 Å². The number of nitriles is 1. The van der Waals surface area contributed by atoms with Crippen molar-refractivity contribution < 1.29 is 13.2 Å². The first-order chi connectivity index (χ1) is 13.9. The highest BCUT2D eigenvalue weighted by atomic mass is 32.2. The second-order valence-electron chi connectivity index (χ2n) is 6.75. The van der Waals surface area contributed by atoms with E-state index in [0.717, 1.165) is 0 Å². The molecule has 29 heavy (non-hydrogen) atoms. The Balaban J connectivity index is 1.65. The summed E-state index contributed by atoms with van der Waals surface area (Å²) in [5, 5.41) is 11.8. The third-order valence-corrected chi connectivity index (χ3v) is 6.63. The van der Waals surface area contributed by atoms with Crippen LogP contribution in [0.25, 0.3) is 6.08 Å². The maximum atomic E-state index is 12.7. The van der Waals surface area contributed by atoms with Crippen LogP contribution in [0.1, 0.15) is 11.1 Å². The van der Waals surface area contributed by atoms with Gasteiger partial charge in [0.15, 0.2) is 0 Å². The summed E-state index contributed by atoms with van der Waals surface area (Å²) in [6.07, 6.45) is 2.91. The lowest BCUT2D eigenvalue weighted by atomic mass is 10.1. The highest BCUT2D eigenvalue weighted by Gasteiger charge is 2.27. The maximum absolute atomic E-state index is 12.7. The van der Waals surface area contributed by atoms with Gasteiger partial charge >= 0.3 is 0 Å². The van der Waals surface area contributed by atoms with Crippen molar-refractivity contribution in [3.8, 4) is 6.07 Å². The number of carbonyl (C=O) groups excluding carboxylic acids is 1. The van der Waals surface area contributed by atoms with E-state index in [4.69, 9.17) is 5.26 Å². The normalized spacial score (nSPS) is 15.9. The molecule has 8 heteroatoms. The fourth-order valence-corrected chi connectivity index (χ4v) is 4.40. The number of hydrogen-bond donors (Lipinski definition) is 1. The maximum Gasteiger partial charge on any atom is 0.248 e. The Morgan fingerprint density at radius 2 is 1.72 bits per heavy atom. The van der Waals surface area contributed by atoms with E-state index < -0.39 is 10.0 Å². The van der Waals surface area contributed by atoms with Gasteiger partial charge in [-0.05, 0) is 49.0 Å². The average molecular weight is 410 g/mol. The number of likely N-dealkylation sites (N-methyl/N-ethyl adjacent to an activating group) is 1. The van der Waals surface area contributed by atoms with E-state index in [1.165, 1.54) is 22.5 Å². The van der Waals surface area contributed by atoms with Gasteiger partial charge in [0, 0.05) is 37.9 Å². The lowest BCUT2D eigenvalue weighted by Gasteiger charge is -2.31. The van der Waals surface area contributed by atoms with Crippen molar-refractivity contribution in [1.29, 1.82) is 5.26 Å². The molecule has 1 amide bonds. The van der Waals surface area contributed by atoms with Crippen LogP contribution < -0.4 is 5.32 Å². The number of nitrogens with one attached hydrogen (secondary N) is 1. The van der Waals surface area contributed by atoms with Gasteiger partial charge in [0.25, 0.3) is 0 Å². The smallest absolute Gasteiger partial charge is 0.248 e. The minimum Gasteiger partial charge on any atom is -0.323 e. The number of amides is 1. The van der Waals surface area contributed by atoms with E-state index in [1.807, 2.05) is 7.05 Å². The summed E-state index contributed by atoms with van der Waals surface area (Å²) in [5.74, 6) is -0.368. The van der Waals surface area contributed by atoms with Gasteiger partial charge in [-0.1, -0.05) is 18.2 Å². The molecule has 0 radical (unpaired) electrons. The molecule has 3 rings (SSSR count). The molecular formula is C21H22N4O3S. The standard InChI is InChI=1S/C21H22N4O3S/c1-24-12-14-25(15-13-24)29(27,28)20-9-7-19(8-10-20)23-21(26)11-6-17-4-2-3-5-18(17)16-22/h2-11H,12-15H2,1H3,(H,23,26). The summed E-state index contributed by atoms with van der Waals surface area (Å²) < 4.78 is 26.9. The average Bonchev–Trinajstić information content (AvgIpc) is 2.73. The molecule has 2 aromatic carbocycles. The quantitative estimate of drug-likeness (QED) is 0.763. The molecule has 150 valence electrons. The van der Waals surface area contributed by atoms with Crippen LogP contribution in [-0.2, 0) is 14.8 Å².